The van der Waals surface area contributed by atoms with E-state index in [1.165, 1.54) is 0 Å². The fraction of sp³-hybridized carbons (Fsp3) is 0.750. The van der Waals surface area contributed by atoms with E-state index in [9.17, 15) is 9.59 Å². The molecule has 0 amide bonds. The summed E-state index contributed by atoms with van der Waals surface area (Å²) in [5.41, 5.74) is 0. The van der Waals surface area contributed by atoms with Gasteiger partial charge in [-0.05, 0) is 38.0 Å². The molecule has 0 aromatic rings. The Labute approximate surface area is 116 Å². The van der Waals surface area contributed by atoms with Gasteiger partial charge in [0.1, 0.15) is 5.78 Å². The fourth-order valence-corrected chi connectivity index (χ4v) is 2.92. The lowest BCUT2D eigenvalue weighted by Crippen LogP contribution is -2.14. The minimum atomic E-state index is -0.710. The molecule has 0 spiro atoms. The Morgan fingerprint density at radius 2 is 2.11 bits per heavy atom. The van der Waals surface area contributed by atoms with E-state index in [4.69, 9.17) is 5.11 Å². The highest BCUT2D eigenvalue weighted by Crippen LogP contribution is 2.35. The molecule has 1 aliphatic rings. The minimum Gasteiger partial charge on any atom is -0.481 e. The predicted octanol–water partition coefficient (Wildman–Crippen LogP) is 3.97. The number of hydrogen-bond acceptors (Lipinski definition) is 2. The van der Waals surface area contributed by atoms with Crippen LogP contribution in [0.4, 0.5) is 0 Å². The van der Waals surface area contributed by atoms with Crippen molar-refractivity contribution in [3.8, 4) is 0 Å². The number of hydrogen-bond donors (Lipinski definition) is 1. The lowest BCUT2D eigenvalue weighted by Gasteiger charge is -2.16. The molecule has 0 radical (unpaired) electrons. The SMILES string of the molecule is CCC=CC[C@@H]1C(=O)CC[C@@H]1CCCCCC(=O)O. The molecule has 2 atom stereocenters. The van der Waals surface area contributed by atoms with Crippen molar-refractivity contribution in [2.24, 2.45) is 11.8 Å². The van der Waals surface area contributed by atoms with E-state index < -0.39 is 5.97 Å². The van der Waals surface area contributed by atoms with Crippen LogP contribution in [0.1, 0.15) is 64.7 Å². The minimum absolute atomic E-state index is 0.224. The summed E-state index contributed by atoms with van der Waals surface area (Å²) in [5.74, 6) is 0.469. The summed E-state index contributed by atoms with van der Waals surface area (Å²) in [7, 11) is 0. The topological polar surface area (TPSA) is 54.4 Å². The number of ketones is 1. The van der Waals surface area contributed by atoms with E-state index >= 15 is 0 Å². The van der Waals surface area contributed by atoms with Crippen LogP contribution in [0.15, 0.2) is 12.2 Å². The van der Waals surface area contributed by atoms with Gasteiger partial charge in [-0.2, -0.15) is 0 Å². The molecule has 19 heavy (non-hydrogen) atoms. The molecular weight excluding hydrogens is 240 g/mol. The van der Waals surface area contributed by atoms with Crippen LogP contribution in [0.2, 0.25) is 0 Å². The average molecular weight is 266 g/mol. The van der Waals surface area contributed by atoms with E-state index in [1.807, 2.05) is 0 Å². The number of carbonyl (C=O) groups excluding carboxylic acids is 1. The van der Waals surface area contributed by atoms with Crippen LogP contribution >= 0.6 is 0 Å². The fourth-order valence-electron chi connectivity index (χ4n) is 2.92. The number of rotatable bonds is 9. The molecule has 0 bridgehead atoms. The van der Waals surface area contributed by atoms with Gasteiger partial charge < -0.3 is 5.11 Å². The third kappa shape index (κ3) is 6.04. The monoisotopic (exact) mass is 266 g/mol. The standard InChI is InChI=1S/C16H26O3/c1-2-3-5-9-14-13(11-12-15(14)17)8-6-4-7-10-16(18)19/h3,5,13-14H,2,4,6-12H2,1H3,(H,18,19)/t13-,14-/m0/s1. The zero-order valence-corrected chi connectivity index (χ0v) is 11.9. The number of Topliss-reactive ketones (excluding diaryl/α,β-unsaturated/α-hetero) is 1. The van der Waals surface area contributed by atoms with Crippen molar-refractivity contribution in [3.63, 3.8) is 0 Å². The van der Waals surface area contributed by atoms with Crippen LogP contribution < -0.4 is 0 Å². The van der Waals surface area contributed by atoms with Gasteiger partial charge in [0, 0.05) is 18.8 Å². The number of carboxylic acid groups (broad SMARTS) is 1. The van der Waals surface area contributed by atoms with Gasteiger partial charge in [0.2, 0.25) is 0 Å². The zero-order chi connectivity index (χ0) is 14.1. The normalized spacial score (nSPS) is 23.3. The molecule has 0 aromatic heterocycles. The second kappa shape index (κ2) is 8.89. The van der Waals surface area contributed by atoms with Crippen LogP contribution in [0.25, 0.3) is 0 Å². The first kappa shape index (κ1) is 15.9. The second-order valence-electron chi connectivity index (χ2n) is 5.48. The first-order valence-corrected chi connectivity index (χ1v) is 7.54. The van der Waals surface area contributed by atoms with Gasteiger partial charge in [0.25, 0.3) is 0 Å². The molecule has 1 saturated carbocycles. The molecule has 3 heteroatoms. The molecule has 3 nitrogen and oxygen atoms in total. The largest absolute Gasteiger partial charge is 0.481 e. The molecule has 108 valence electrons. The summed E-state index contributed by atoms with van der Waals surface area (Å²) in [6.07, 6.45) is 12.1. The maximum absolute atomic E-state index is 11.8. The Hall–Kier alpha value is -1.12. The van der Waals surface area contributed by atoms with Crippen molar-refractivity contribution < 1.29 is 14.7 Å². The Bertz CT molecular complexity index is 320. The quantitative estimate of drug-likeness (QED) is 0.507. The average Bonchev–Trinajstić information content (AvgIpc) is 2.71. The predicted molar refractivity (Wildman–Crippen MR) is 76.0 cm³/mol. The molecule has 1 N–H and O–H groups in total. The van der Waals surface area contributed by atoms with Crippen molar-refractivity contribution in [3.05, 3.63) is 12.2 Å². The summed E-state index contributed by atoms with van der Waals surface area (Å²) in [4.78, 5) is 22.3. The van der Waals surface area contributed by atoms with Gasteiger partial charge in [0.05, 0.1) is 0 Å². The van der Waals surface area contributed by atoms with Crippen molar-refractivity contribution >= 4 is 11.8 Å². The number of allylic oxidation sites excluding steroid dienone is 2. The molecular formula is C16H26O3. The van der Waals surface area contributed by atoms with E-state index in [1.54, 1.807) is 0 Å². The third-order valence-electron chi connectivity index (χ3n) is 4.00. The van der Waals surface area contributed by atoms with E-state index in [0.717, 1.165) is 51.4 Å². The number of carbonyl (C=O) groups is 2. The van der Waals surface area contributed by atoms with Crippen LogP contribution in [-0.4, -0.2) is 16.9 Å². The van der Waals surface area contributed by atoms with Crippen LogP contribution in [0.5, 0.6) is 0 Å². The second-order valence-corrected chi connectivity index (χ2v) is 5.48. The van der Waals surface area contributed by atoms with Gasteiger partial charge in [-0.25, -0.2) is 0 Å². The first-order chi connectivity index (χ1) is 9.15. The van der Waals surface area contributed by atoms with Crippen molar-refractivity contribution in [2.75, 3.05) is 0 Å². The Balaban J connectivity index is 2.25. The molecule has 1 rings (SSSR count). The molecule has 0 aliphatic heterocycles. The maximum atomic E-state index is 11.8. The lowest BCUT2D eigenvalue weighted by molar-refractivity contribution is -0.137. The number of unbranched alkanes of at least 4 members (excludes halogenated alkanes) is 2. The maximum Gasteiger partial charge on any atom is 0.303 e. The summed E-state index contributed by atoms with van der Waals surface area (Å²) in [6, 6.07) is 0. The van der Waals surface area contributed by atoms with Gasteiger partial charge in [-0.1, -0.05) is 31.9 Å². The summed E-state index contributed by atoms with van der Waals surface area (Å²) >= 11 is 0. The summed E-state index contributed by atoms with van der Waals surface area (Å²) in [6.45, 7) is 2.10. The van der Waals surface area contributed by atoms with Crippen molar-refractivity contribution in [1.29, 1.82) is 0 Å². The number of aliphatic carboxylic acids is 1. The smallest absolute Gasteiger partial charge is 0.303 e. The Kier molecular flexibility index (Phi) is 7.46. The van der Waals surface area contributed by atoms with Gasteiger partial charge in [-0.15, -0.1) is 0 Å². The molecule has 0 aromatic carbocycles. The van der Waals surface area contributed by atoms with Crippen LogP contribution in [-0.2, 0) is 9.59 Å². The lowest BCUT2D eigenvalue weighted by atomic mass is 9.88. The zero-order valence-electron chi connectivity index (χ0n) is 11.9. The van der Waals surface area contributed by atoms with E-state index in [-0.39, 0.29) is 12.3 Å². The molecule has 0 heterocycles. The molecule has 1 fully saturated rings. The van der Waals surface area contributed by atoms with Crippen molar-refractivity contribution in [1.82, 2.24) is 0 Å². The molecule has 0 saturated heterocycles. The third-order valence-corrected chi connectivity index (χ3v) is 4.00. The van der Waals surface area contributed by atoms with Crippen LogP contribution in [0.3, 0.4) is 0 Å². The Morgan fingerprint density at radius 3 is 2.79 bits per heavy atom. The summed E-state index contributed by atoms with van der Waals surface area (Å²) in [5, 5.41) is 8.57. The highest BCUT2D eigenvalue weighted by Gasteiger charge is 2.32. The first-order valence-electron chi connectivity index (χ1n) is 7.54. The summed E-state index contributed by atoms with van der Waals surface area (Å²) < 4.78 is 0. The highest BCUT2D eigenvalue weighted by molar-refractivity contribution is 5.83. The van der Waals surface area contributed by atoms with Gasteiger partial charge in [0.15, 0.2) is 0 Å². The van der Waals surface area contributed by atoms with Crippen molar-refractivity contribution in [2.45, 2.75) is 64.7 Å². The molecule has 0 unspecified atom stereocenters. The van der Waals surface area contributed by atoms with Gasteiger partial charge >= 0.3 is 5.97 Å². The van der Waals surface area contributed by atoms with Crippen LogP contribution in [0, 0.1) is 11.8 Å². The van der Waals surface area contributed by atoms with E-state index in [0.29, 0.717) is 11.7 Å². The Morgan fingerprint density at radius 1 is 1.32 bits per heavy atom. The van der Waals surface area contributed by atoms with E-state index in [2.05, 4.69) is 19.1 Å². The van der Waals surface area contributed by atoms with Gasteiger partial charge in [-0.3, -0.25) is 9.59 Å². The highest BCUT2D eigenvalue weighted by atomic mass is 16.4. The molecule has 1 aliphatic carbocycles. The number of carboxylic acids is 1.